The number of nitrogens with zero attached hydrogens (tertiary/aromatic N) is 2. The van der Waals surface area contributed by atoms with Crippen molar-refractivity contribution in [3.05, 3.63) is 48.3 Å². The number of carbonyl (C=O) groups is 2. The van der Waals surface area contributed by atoms with E-state index in [0.29, 0.717) is 45.7 Å². The van der Waals surface area contributed by atoms with Crippen molar-refractivity contribution in [1.29, 1.82) is 0 Å². The predicted octanol–water partition coefficient (Wildman–Crippen LogP) is 6.84. The van der Waals surface area contributed by atoms with Crippen LogP contribution in [-0.2, 0) is 22.7 Å². The molecular weight excluding hydrogens is 608 g/mol. The van der Waals surface area contributed by atoms with Gasteiger partial charge in [-0.2, -0.15) is 0 Å². The van der Waals surface area contributed by atoms with Gasteiger partial charge in [0.25, 0.3) is 0 Å². The lowest BCUT2D eigenvalue weighted by Crippen LogP contribution is -2.35. The number of hydrogen-bond acceptors (Lipinski definition) is 6. The number of H-pyrrole nitrogens is 2. The van der Waals surface area contributed by atoms with Crippen LogP contribution < -0.4 is 10.6 Å². The summed E-state index contributed by atoms with van der Waals surface area (Å²) in [5.74, 6) is -4.57. The number of fused-ring (bicyclic) bond motifs is 2. The van der Waals surface area contributed by atoms with E-state index in [-0.39, 0.29) is 76.3 Å². The number of aromatic amines is 2. The molecular formula is C32H32F4N6O4. The van der Waals surface area contributed by atoms with Crippen molar-refractivity contribution in [3.8, 4) is 22.9 Å². The van der Waals surface area contributed by atoms with Gasteiger partial charge < -0.3 is 29.4 Å². The fraction of sp³-hybridized carbons (Fsp3) is 0.438. The second-order valence-electron chi connectivity index (χ2n) is 12.3. The molecule has 0 unspecified atom stereocenters. The molecule has 242 valence electrons. The van der Waals surface area contributed by atoms with E-state index < -0.39 is 23.7 Å². The van der Waals surface area contributed by atoms with E-state index in [4.69, 9.17) is 8.83 Å². The average Bonchev–Trinajstić information content (AvgIpc) is 3.83. The molecule has 1 aromatic carbocycles. The van der Waals surface area contributed by atoms with E-state index >= 15 is 0 Å². The Morgan fingerprint density at radius 2 is 1.09 bits per heavy atom. The molecule has 4 aromatic heterocycles. The van der Waals surface area contributed by atoms with Crippen LogP contribution in [0.25, 0.3) is 44.8 Å². The third-order valence-corrected chi connectivity index (χ3v) is 8.98. The first-order valence-corrected chi connectivity index (χ1v) is 15.4. The van der Waals surface area contributed by atoms with E-state index in [1.165, 1.54) is 0 Å². The monoisotopic (exact) mass is 640 g/mol. The quantitative estimate of drug-likeness (QED) is 0.137. The van der Waals surface area contributed by atoms with Crippen LogP contribution in [0.5, 0.6) is 0 Å². The summed E-state index contributed by atoms with van der Waals surface area (Å²) in [7, 11) is 0. The van der Waals surface area contributed by atoms with Gasteiger partial charge in [0.15, 0.2) is 11.5 Å². The number of rotatable bonds is 8. The van der Waals surface area contributed by atoms with Crippen molar-refractivity contribution in [2.75, 3.05) is 0 Å². The highest BCUT2D eigenvalue weighted by molar-refractivity contribution is 5.96. The number of amides is 2. The number of alkyl halides is 4. The van der Waals surface area contributed by atoms with Crippen LogP contribution in [0.1, 0.15) is 63.0 Å². The summed E-state index contributed by atoms with van der Waals surface area (Å²) in [6.45, 7) is 0.288. The molecule has 7 rings (SSSR count). The summed E-state index contributed by atoms with van der Waals surface area (Å²) in [4.78, 5) is 39.8. The lowest BCUT2D eigenvalue weighted by atomic mass is 9.86. The molecule has 14 heteroatoms. The summed E-state index contributed by atoms with van der Waals surface area (Å²) in [5.41, 5.74) is 2.49. The molecule has 46 heavy (non-hydrogen) atoms. The van der Waals surface area contributed by atoms with Gasteiger partial charge in [0.1, 0.15) is 34.2 Å². The number of carbonyl (C=O) groups excluding carboxylic acids is 2. The van der Waals surface area contributed by atoms with E-state index in [9.17, 15) is 27.2 Å². The summed E-state index contributed by atoms with van der Waals surface area (Å²) in [6.07, 6.45) is 2.82. The Bertz CT molecular complexity index is 1700. The molecule has 2 aliphatic rings. The molecule has 5 aromatic rings. The van der Waals surface area contributed by atoms with Crippen LogP contribution in [0.15, 0.2) is 45.5 Å². The van der Waals surface area contributed by atoms with Crippen molar-refractivity contribution in [2.45, 2.75) is 76.3 Å². The van der Waals surface area contributed by atoms with Gasteiger partial charge in [0, 0.05) is 48.3 Å². The van der Waals surface area contributed by atoms with Crippen LogP contribution in [0.4, 0.5) is 17.6 Å². The van der Waals surface area contributed by atoms with Gasteiger partial charge in [-0.15, -0.1) is 0 Å². The molecule has 2 fully saturated rings. The lowest BCUT2D eigenvalue weighted by molar-refractivity contribution is -0.130. The van der Waals surface area contributed by atoms with Crippen LogP contribution >= 0.6 is 0 Å². The maximum absolute atomic E-state index is 13.4. The summed E-state index contributed by atoms with van der Waals surface area (Å²) in [6, 6.07) is 7.41. The first kappa shape index (κ1) is 30.1. The van der Waals surface area contributed by atoms with Gasteiger partial charge in [-0.3, -0.25) is 9.59 Å². The Hall–Kier alpha value is -4.62. The normalized spacial score (nSPS) is 18.7. The summed E-state index contributed by atoms with van der Waals surface area (Å²) < 4.78 is 65.8. The third-order valence-electron chi connectivity index (χ3n) is 8.98. The van der Waals surface area contributed by atoms with E-state index in [1.54, 1.807) is 12.4 Å². The van der Waals surface area contributed by atoms with Gasteiger partial charge in [0.05, 0.1) is 25.5 Å². The van der Waals surface area contributed by atoms with E-state index in [0.717, 1.165) is 10.8 Å². The second-order valence-corrected chi connectivity index (χ2v) is 12.3. The zero-order valence-corrected chi connectivity index (χ0v) is 24.7. The average molecular weight is 641 g/mol. The Kier molecular flexibility index (Phi) is 7.60. The first-order chi connectivity index (χ1) is 22.0. The molecule has 0 saturated heterocycles. The first-order valence-electron chi connectivity index (χ1n) is 15.4. The number of benzene rings is 1. The molecule has 10 nitrogen and oxygen atoms in total. The van der Waals surface area contributed by atoms with E-state index in [2.05, 4.69) is 30.6 Å². The number of imidazole rings is 2. The van der Waals surface area contributed by atoms with Crippen molar-refractivity contribution in [3.63, 3.8) is 0 Å². The molecule has 2 amide bonds. The fourth-order valence-electron chi connectivity index (χ4n) is 6.23. The highest BCUT2D eigenvalue weighted by atomic mass is 19.3. The van der Waals surface area contributed by atoms with Crippen LogP contribution in [0.2, 0.25) is 0 Å². The molecule has 2 saturated carbocycles. The van der Waals surface area contributed by atoms with Gasteiger partial charge in [-0.25, -0.2) is 27.5 Å². The van der Waals surface area contributed by atoms with E-state index in [1.807, 2.05) is 24.3 Å². The number of aromatic nitrogens is 4. The molecule has 0 aliphatic heterocycles. The van der Waals surface area contributed by atoms with Crippen molar-refractivity contribution in [1.82, 2.24) is 30.6 Å². The maximum Gasteiger partial charge on any atom is 0.248 e. The Balaban J connectivity index is 0.969. The van der Waals surface area contributed by atoms with Crippen molar-refractivity contribution >= 4 is 33.8 Å². The largest absolute Gasteiger partial charge is 0.454 e. The Morgan fingerprint density at radius 1 is 0.696 bits per heavy atom. The summed E-state index contributed by atoms with van der Waals surface area (Å²) in [5, 5.41) is 7.17. The third kappa shape index (κ3) is 6.38. The minimum absolute atomic E-state index is 0.144. The SMILES string of the molecule is O=C(NCc1ncc(-c2cc3cc4oc(-c5cnc(CNC(=O)C6CCC(F)(F)CC6)[nH]5)cc4cc3o2)[nH]1)C1CCC(F)(F)CC1. The highest BCUT2D eigenvalue weighted by Gasteiger charge is 2.38. The van der Waals surface area contributed by atoms with Gasteiger partial charge in [-0.1, -0.05) is 0 Å². The fourth-order valence-corrected chi connectivity index (χ4v) is 6.23. The van der Waals surface area contributed by atoms with Gasteiger partial charge >= 0.3 is 0 Å². The minimum Gasteiger partial charge on any atom is -0.454 e. The van der Waals surface area contributed by atoms with Gasteiger partial charge in [-0.05, 0) is 49.9 Å². The lowest BCUT2D eigenvalue weighted by Gasteiger charge is -2.27. The molecule has 0 radical (unpaired) electrons. The van der Waals surface area contributed by atoms with Crippen LogP contribution in [0.3, 0.4) is 0 Å². The maximum atomic E-state index is 13.4. The number of nitrogens with one attached hydrogen (secondary N) is 4. The Morgan fingerprint density at radius 3 is 1.48 bits per heavy atom. The number of furan rings is 2. The Labute approximate surface area is 259 Å². The molecule has 0 spiro atoms. The van der Waals surface area contributed by atoms with Gasteiger partial charge in [0.2, 0.25) is 23.7 Å². The van der Waals surface area contributed by atoms with Crippen LogP contribution in [-0.4, -0.2) is 43.6 Å². The molecule has 4 N–H and O–H groups in total. The standard InChI is InChI=1S/C32H32F4N6O4/c33-31(34)5-1-17(2-6-31)29(43)39-15-27-37-13-21(41-27)25-11-19-9-24-20(10-23(19)45-25)12-26(46-24)22-14-38-28(42-22)16-40-30(44)18-3-7-32(35,36)8-4-18/h9-14,17-18H,1-8,15-16H2,(H,37,41)(H,38,42)(H,39,43)(H,40,44). The van der Waals surface area contributed by atoms with Crippen LogP contribution in [0, 0.1) is 11.8 Å². The predicted molar refractivity (Wildman–Crippen MR) is 159 cm³/mol. The topological polar surface area (TPSA) is 142 Å². The van der Waals surface area contributed by atoms with Crippen molar-refractivity contribution < 1.29 is 36.0 Å². The molecule has 2 aliphatic carbocycles. The van der Waals surface area contributed by atoms with Crippen molar-refractivity contribution in [2.24, 2.45) is 11.8 Å². The summed E-state index contributed by atoms with van der Waals surface area (Å²) >= 11 is 0. The number of hydrogen-bond donors (Lipinski definition) is 4. The molecule has 0 bridgehead atoms. The minimum atomic E-state index is -2.68. The number of halogens is 4. The molecule has 0 atom stereocenters. The smallest absolute Gasteiger partial charge is 0.248 e. The second kappa shape index (κ2) is 11.6. The zero-order chi connectivity index (χ0) is 32.1. The zero-order valence-electron chi connectivity index (χ0n) is 24.7. The highest BCUT2D eigenvalue weighted by Crippen LogP contribution is 2.38. The molecule has 4 heterocycles.